The van der Waals surface area contributed by atoms with Crippen molar-refractivity contribution in [3.8, 4) is 0 Å². The highest BCUT2D eigenvalue weighted by Gasteiger charge is 2.56. The molecule has 9 nitrogen and oxygen atoms in total. The number of esters is 2. The van der Waals surface area contributed by atoms with Crippen LogP contribution < -0.4 is 0 Å². The van der Waals surface area contributed by atoms with Crippen molar-refractivity contribution in [3.63, 3.8) is 0 Å². The predicted octanol–water partition coefficient (Wildman–Crippen LogP) is 0.971. The zero-order chi connectivity index (χ0) is 22.9. The van der Waals surface area contributed by atoms with E-state index in [0.717, 1.165) is 0 Å². The van der Waals surface area contributed by atoms with Gasteiger partial charge in [0.25, 0.3) is 0 Å². The number of hydroxylamine groups is 3. The Kier molecular flexibility index (Phi) is 7.15. The summed E-state index contributed by atoms with van der Waals surface area (Å²) in [6.45, 7) is 7.62. The molecule has 2 N–H and O–H groups in total. The highest BCUT2D eigenvalue weighted by atomic mass is 16.6. The maximum atomic E-state index is 13.1. The van der Waals surface area contributed by atoms with Crippen LogP contribution in [0.1, 0.15) is 41.0 Å². The molecule has 30 heavy (non-hydrogen) atoms. The van der Waals surface area contributed by atoms with Crippen LogP contribution in [-0.2, 0) is 23.8 Å². The Morgan fingerprint density at radius 1 is 1.40 bits per heavy atom. The summed E-state index contributed by atoms with van der Waals surface area (Å²) in [5.41, 5.74) is -3.16. The van der Waals surface area contributed by atoms with Gasteiger partial charge in [0, 0.05) is 24.7 Å². The normalized spacial score (nSPS) is 29.6. The molecular weight excluding hydrogens is 394 g/mol. The highest BCUT2D eigenvalue weighted by molar-refractivity contribution is 5.87. The van der Waals surface area contributed by atoms with Gasteiger partial charge in [-0.3, -0.25) is 0 Å². The molecular formula is C21H33NO8. The van der Waals surface area contributed by atoms with E-state index in [2.05, 4.69) is 0 Å². The van der Waals surface area contributed by atoms with Crippen LogP contribution in [0, 0.1) is 5.21 Å². The van der Waals surface area contributed by atoms with Gasteiger partial charge in [-0.2, -0.15) is 0 Å². The van der Waals surface area contributed by atoms with Crippen LogP contribution in [0.5, 0.6) is 0 Å². The average Bonchev–Trinajstić information content (AvgIpc) is 3.18. The Balaban J connectivity index is 2.14. The maximum Gasteiger partial charge on any atom is 0.344 e. The molecule has 5 atom stereocenters. The summed E-state index contributed by atoms with van der Waals surface area (Å²) >= 11 is 0. The monoisotopic (exact) mass is 427 g/mol. The van der Waals surface area contributed by atoms with Crippen molar-refractivity contribution in [1.29, 1.82) is 0 Å². The standard InChI is InChI=1S/C21H33NO8/c1-7-13(2)18(23)30-16-9-11-22(27)10-8-15(17(16)22)12-29-19(24)21(26,14(3)28-6)20(4,5)25/h7-8,14,16-17,25-26H,9-12H2,1-6H3/t14-,16-,17+,21-,22?/m0/s1. The van der Waals surface area contributed by atoms with E-state index >= 15 is 0 Å². The van der Waals surface area contributed by atoms with E-state index in [-0.39, 0.29) is 13.2 Å². The Labute approximate surface area is 177 Å². The van der Waals surface area contributed by atoms with Gasteiger partial charge in [-0.05, 0) is 40.7 Å². The summed E-state index contributed by atoms with van der Waals surface area (Å²) in [7, 11) is 1.31. The number of aliphatic hydroxyl groups is 2. The SMILES string of the molecule is CC=C(C)C(=O)O[C@H]1CC[N+]2([O-])CC=C(COC(=O)[C@@](O)([C@H](C)OC)C(C)(C)O)[C@H]12. The molecule has 0 saturated carbocycles. The van der Waals surface area contributed by atoms with Crippen LogP contribution in [0.25, 0.3) is 0 Å². The van der Waals surface area contributed by atoms with E-state index in [1.807, 2.05) is 0 Å². The zero-order valence-corrected chi connectivity index (χ0v) is 18.5. The molecule has 1 saturated heterocycles. The minimum Gasteiger partial charge on any atom is -0.632 e. The first kappa shape index (κ1) is 24.5. The summed E-state index contributed by atoms with van der Waals surface area (Å²) in [4.78, 5) is 24.9. The maximum absolute atomic E-state index is 13.1. The molecule has 0 amide bonds. The molecule has 0 bridgehead atoms. The molecule has 0 radical (unpaired) electrons. The fourth-order valence-electron chi connectivity index (χ4n) is 4.04. The number of carbonyl (C=O) groups is 2. The lowest BCUT2D eigenvalue weighted by atomic mass is 9.81. The zero-order valence-electron chi connectivity index (χ0n) is 18.5. The minimum atomic E-state index is -2.31. The number of carbonyl (C=O) groups excluding carboxylic acids is 2. The summed E-state index contributed by atoms with van der Waals surface area (Å²) in [6.07, 6.45) is 2.08. The van der Waals surface area contributed by atoms with Crippen molar-refractivity contribution in [2.45, 2.75) is 70.5 Å². The second kappa shape index (κ2) is 8.76. The lowest BCUT2D eigenvalue weighted by Gasteiger charge is -2.41. The van der Waals surface area contributed by atoms with Crippen molar-refractivity contribution in [1.82, 2.24) is 0 Å². The van der Waals surface area contributed by atoms with Crippen molar-refractivity contribution in [3.05, 3.63) is 28.5 Å². The van der Waals surface area contributed by atoms with Crippen molar-refractivity contribution >= 4 is 11.9 Å². The number of rotatable bonds is 8. The second-order valence-corrected chi connectivity index (χ2v) is 8.57. The first-order valence-electron chi connectivity index (χ1n) is 10.1. The Bertz CT molecular complexity index is 740. The number of hydrogen-bond acceptors (Lipinski definition) is 8. The number of allylic oxidation sites excluding steroid dienone is 1. The average molecular weight is 427 g/mol. The quantitative estimate of drug-likeness (QED) is 0.193. The molecule has 0 aromatic heterocycles. The number of methoxy groups -OCH3 is 1. The van der Waals surface area contributed by atoms with Gasteiger partial charge >= 0.3 is 11.9 Å². The van der Waals surface area contributed by atoms with Gasteiger partial charge < -0.3 is 34.3 Å². The molecule has 9 heteroatoms. The first-order chi connectivity index (χ1) is 13.8. The van der Waals surface area contributed by atoms with E-state index < -0.39 is 46.0 Å². The summed E-state index contributed by atoms with van der Waals surface area (Å²) in [6, 6.07) is -0.665. The number of hydrogen-bond donors (Lipinski definition) is 2. The molecule has 0 aromatic carbocycles. The van der Waals surface area contributed by atoms with Crippen molar-refractivity contribution in [2.75, 3.05) is 26.8 Å². The molecule has 2 heterocycles. The fraction of sp³-hybridized carbons (Fsp3) is 0.714. The third-order valence-corrected chi connectivity index (χ3v) is 6.26. The topological polar surface area (TPSA) is 125 Å². The number of fused-ring (bicyclic) bond motifs is 1. The van der Waals surface area contributed by atoms with Crippen LogP contribution in [0.3, 0.4) is 0 Å². The third kappa shape index (κ3) is 4.31. The van der Waals surface area contributed by atoms with E-state index in [9.17, 15) is 25.0 Å². The Morgan fingerprint density at radius 3 is 2.57 bits per heavy atom. The number of ether oxygens (including phenoxy) is 3. The van der Waals surface area contributed by atoms with Crippen LogP contribution in [0.4, 0.5) is 0 Å². The highest BCUT2D eigenvalue weighted by Crippen LogP contribution is 2.38. The van der Waals surface area contributed by atoms with Crippen LogP contribution in [0.2, 0.25) is 0 Å². The van der Waals surface area contributed by atoms with Gasteiger partial charge in [0.15, 0.2) is 12.1 Å². The van der Waals surface area contributed by atoms with Crippen LogP contribution in [-0.4, -0.2) is 83.1 Å². The van der Waals surface area contributed by atoms with E-state index in [1.54, 1.807) is 26.0 Å². The summed E-state index contributed by atoms with van der Waals surface area (Å²) in [5.74, 6) is -1.54. The lowest BCUT2D eigenvalue weighted by molar-refractivity contribution is -0.877. The molecule has 0 spiro atoms. The molecule has 2 rings (SSSR count). The fourth-order valence-corrected chi connectivity index (χ4v) is 4.04. The first-order valence-corrected chi connectivity index (χ1v) is 10.1. The van der Waals surface area contributed by atoms with Gasteiger partial charge in [-0.1, -0.05) is 6.08 Å². The predicted molar refractivity (Wildman–Crippen MR) is 108 cm³/mol. The summed E-state index contributed by atoms with van der Waals surface area (Å²) in [5, 5.41) is 34.3. The van der Waals surface area contributed by atoms with Crippen molar-refractivity contribution < 1.29 is 38.7 Å². The van der Waals surface area contributed by atoms with Crippen molar-refractivity contribution in [2.24, 2.45) is 0 Å². The van der Waals surface area contributed by atoms with Crippen LogP contribution >= 0.6 is 0 Å². The molecule has 2 aliphatic rings. The molecule has 2 aliphatic heterocycles. The Hall–Kier alpha value is -1.78. The van der Waals surface area contributed by atoms with E-state index in [0.29, 0.717) is 24.1 Å². The van der Waals surface area contributed by atoms with Gasteiger partial charge in [-0.15, -0.1) is 0 Å². The van der Waals surface area contributed by atoms with Crippen LogP contribution in [0.15, 0.2) is 23.3 Å². The van der Waals surface area contributed by atoms with Gasteiger partial charge in [0.05, 0.1) is 19.2 Å². The number of nitrogens with zero attached hydrogens (tertiary/aromatic N) is 1. The van der Waals surface area contributed by atoms with Gasteiger partial charge in [-0.25, -0.2) is 9.59 Å². The minimum absolute atomic E-state index is 0.193. The molecule has 0 aliphatic carbocycles. The van der Waals surface area contributed by atoms with Gasteiger partial charge in [0.1, 0.15) is 12.2 Å². The molecule has 0 aromatic rings. The summed E-state index contributed by atoms with van der Waals surface area (Å²) < 4.78 is 15.4. The van der Waals surface area contributed by atoms with E-state index in [1.165, 1.54) is 27.9 Å². The molecule has 1 unspecified atom stereocenters. The van der Waals surface area contributed by atoms with Gasteiger partial charge in [0.2, 0.25) is 5.60 Å². The van der Waals surface area contributed by atoms with E-state index in [4.69, 9.17) is 14.2 Å². The largest absolute Gasteiger partial charge is 0.632 e. The smallest absolute Gasteiger partial charge is 0.344 e. The third-order valence-electron chi connectivity index (χ3n) is 6.26. The second-order valence-electron chi connectivity index (χ2n) is 8.57. The molecule has 170 valence electrons. The lowest BCUT2D eigenvalue weighted by Crippen LogP contribution is -2.63. The Morgan fingerprint density at radius 2 is 2.03 bits per heavy atom. The molecule has 1 fully saturated rings. The number of quaternary nitrogens is 1.